The van der Waals surface area contributed by atoms with Crippen molar-refractivity contribution in [1.82, 2.24) is 4.90 Å². The molecule has 218 valence electrons. The molecule has 2 aliphatic heterocycles. The second-order valence-electron chi connectivity index (χ2n) is 10.2. The summed E-state index contributed by atoms with van der Waals surface area (Å²) in [4.78, 5) is 28.5. The topological polar surface area (TPSA) is 157 Å². The quantitative estimate of drug-likeness (QED) is 0.225. The van der Waals surface area contributed by atoms with Crippen LogP contribution in [0.4, 0.5) is 0 Å². The molecule has 3 N–H and O–H groups in total. The third-order valence-electron chi connectivity index (χ3n) is 8.29. The molecule has 0 unspecified atom stereocenters. The number of methoxy groups -OCH3 is 3. The number of aliphatic hydroxyl groups excluding tert-OH is 1. The first-order valence-electron chi connectivity index (χ1n) is 12.8. The number of aliphatic hydroxyl groups is 1. The van der Waals surface area contributed by atoms with E-state index in [0.29, 0.717) is 5.56 Å². The number of likely N-dealkylation sites (N-methyl/N-ethyl adjacent to an activating group) is 1. The summed E-state index contributed by atoms with van der Waals surface area (Å²) in [5.74, 6) is -1.45. The molecule has 0 fully saturated rings. The average molecular weight is 621 g/mol. The zero-order valence-electron chi connectivity index (χ0n) is 22.7. The largest absolute Gasteiger partial charge is 0.506 e. The van der Waals surface area contributed by atoms with Gasteiger partial charge in [0.2, 0.25) is 5.43 Å². The number of carbonyl (C=O) groups excluding carboxylic acids is 1. The fourth-order valence-electron chi connectivity index (χ4n) is 6.43. The molecule has 1 aliphatic carbocycles. The maximum Gasteiger partial charge on any atom is 0.259 e. The third kappa shape index (κ3) is 3.21. The Hall–Kier alpha value is -4.07. The van der Waals surface area contributed by atoms with Gasteiger partial charge in [-0.05, 0) is 23.8 Å². The summed E-state index contributed by atoms with van der Waals surface area (Å²) in [6.45, 7) is -0.255. The molecule has 4 aromatic rings. The van der Waals surface area contributed by atoms with E-state index in [9.17, 15) is 24.9 Å². The zero-order valence-corrected chi connectivity index (χ0v) is 23.4. The van der Waals surface area contributed by atoms with Crippen LogP contribution < -0.4 is 14.9 Å². The second kappa shape index (κ2) is 9.21. The maximum atomic E-state index is 13.9. The number of halogens is 1. The lowest BCUT2D eigenvalue weighted by atomic mass is 10.5. The summed E-state index contributed by atoms with van der Waals surface area (Å²) < 4.78 is 34.6. The molecule has 3 heterocycles. The van der Waals surface area contributed by atoms with Crippen LogP contribution in [-0.4, -0.2) is 67.5 Å². The summed E-state index contributed by atoms with van der Waals surface area (Å²) in [6, 6.07) is 4.46. The van der Waals surface area contributed by atoms with Crippen LogP contribution in [0.1, 0.15) is 45.4 Å². The lowest BCUT2D eigenvalue weighted by Crippen LogP contribution is -2.47. The van der Waals surface area contributed by atoms with Gasteiger partial charge in [0, 0.05) is 43.5 Å². The number of nitrogens with zero attached hydrogens (tertiary/aromatic N) is 1. The first kappa shape index (κ1) is 26.8. The van der Waals surface area contributed by atoms with Gasteiger partial charge >= 0.3 is 0 Å². The molecule has 42 heavy (non-hydrogen) atoms. The van der Waals surface area contributed by atoms with Gasteiger partial charge in [0.05, 0.1) is 23.1 Å². The van der Waals surface area contributed by atoms with Crippen LogP contribution in [0.3, 0.4) is 0 Å². The van der Waals surface area contributed by atoms with E-state index in [0.717, 1.165) is 0 Å². The van der Waals surface area contributed by atoms with Crippen LogP contribution in [0.5, 0.6) is 23.0 Å². The molecule has 1 aromatic heterocycles. The van der Waals surface area contributed by atoms with Crippen LogP contribution in [0.25, 0.3) is 33.1 Å². The molecule has 12 nitrogen and oxygen atoms in total. The normalized spacial score (nSPS) is 22.5. The summed E-state index contributed by atoms with van der Waals surface area (Å²) in [6.07, 6.45) is -4.10. The van der Waals surface area contributed by atoms with E-state index in [2.05, 4.69) is 0 Å². The van der Waals surface area contributed by atoms with E-state index >= 15 is 0 Å². The van der Waals surface area contributed by atoms with Gasteiger partial charge in [-0.15, -0.1) is 0 Å². The smallest absolute Gasteiger partial charge is 0.259 e. The first-order valence-corrected chi connectivity index (χ1v) is 13.2. The summed E-state index contributed by atoms with van der Waals surface area (Å²) in [5, 5.41) is 34.7. The Morgan fingerprint density at radius 1 is 1.00 bits per heavy atom. The molecule has 13 heteroatoms. The summed E-state index contributed by atoms with van der Waals surface area (Å²) in [5.41, 5.74) is -0.0907. The SMILES string of the molecule is CO[13c]1[13c](Cl)[13cH][13cH][13c]2[13c](=O)[13c]3[13c](O)[13c]4[13c]5[13c]([13c]3o[13c]12)OCO[C@@H]5[13C@H](OC)[13c]1[13cH][13c]2[13c]([13c](O)[13c]1-4)[13C](=O)N(C)[13C@@H](OC)[13C@H]2O. The van der Waals surface area contributed by atoms with Crippen LogP contribution >= 0.6 is 11.6 Å². The number of phenolic OH excluding ortho intramolecular Hbond substituents is 2. The minimum Gasteiger partial charge on any atom is -0.506 e. The number of phenols is 2. The van der Waals surface area contributed by atoms with Crippen LogP contribution in [0.2, 0.25) is 5.02 Å². The molecule has 0 saturated heterocycles. The molecule has 7 rings (SSSR count). The van der Waals surface area contributed by atoms with Crippen molar-refractivity contribution in [3.63, 3.8) is 0 Å². The van der Waals surface area contributed by atoms with Crippen LogP contribution in [0, 0.1) is 0 Å². The van der Waals surface area contributed by atoms with Crippen molar-refractivity contribution in [2.45, 2.75) is 24.5 Å². The van der Waals surface area contributed by atoms with Gasteiger partial charge in [-0.25, -0.2) is 0 Å². The van der Waals surface area contributed by atoms with Gasteiger partial charge in [-0.1, -0.05) is 11.6 Å². The summed E-state index contributed by atoms with van der Waals surface area (Å²) >= 11 is 6.29. The highest BCUT2D eigenvalue weighted by molar-refractivity contribution is 6.33. The highest BCUT2D eigenvalue weighted by atomic mass is 35.5. The number of carbonyl (C=O) groups is 1. The summed E-state index contributed by atoms with van der Waals surface area (Å²) in [7, 11) is 5.61. The Kier molecular flexibility index (Phi) is 5.88. The van der Waals surface area contributed by atoms with Crippen LogP contribution in [0.15, 0.2) is 27.4 Å². The predicted molar refractivity (Wildman–Crippen MR) is 147 cm³/mol. The van der Waals surface area contributed by atoms with Crippen molar-refractivity contribution in [3.8, 4) is 34.1 Å². The minimum atomic E-state index is -1.31. The lowest BCUT2D eigenvalue weighted by Gasteiger charge is -2.41. The molecule has 0 bridgehead atoms. The van der Waals surface area contributed by atoms with Crippen molar-refractivity contribution >= 4 is 39.4 Å². The Bertz CT molecular complexity index is 1920. The highest BCUT2D eigenvalue weighted by Crippen LogP contribution is 2.61. The Morgan fingerprint density at radius 3 is 2.45 bits per heavy atom. The van der Waals surface area contributed by atoms with Gasteiger partial charge in [0.15, 0.2) is 35.7 Å². The van der Waals surface area contributed by atoms with Gasteiger partial charge in [0.1, 0.15) is 35.2 Å². The minimum absolute atomic E-state index is 0.0113. The molecule has 0 saturated carbocycles. The zero-order chi connectivity index (χ0) is 29.8. The van der Waals surface area contributed by atoms with E-state index in [-0.39, 0.29) is 73.1 Å². The van der Waals surface area contributed by atoms with E-state index in [4.69, 9.17) is 39.7 Å². The fourth-order valence-corrected chi connectivity index (χ4v) is 6.66. The van der Waals surface area contributed by atoms with Gasteiger partial charge in [0.25, 0.3) is 5.91 Å². The van der Waals surface area contributed by atoms with Crippen molar-refractivity contribution in [3.05, 3.63) is 55.7 Å². The Balaban J connectivity index is 1.65. The molecule has 4 atom stereocenters. The monoisotopic (exact) mass is 620 g/mol. The molecular weight excluding hydrogens is 597 g/mol. The number of fused-ring (bicyclic) bond motifs is 6. The average Bonchev–Trinajstić information content (AvgIpc) is 2.98. The van der Waals surface area contributed by atoms with Gasteiger partial charge in [-0.2, -0.15) is 0 Å². The maximum absolute atomic E-state index is 13.9. The van der Waals surface area contributed by atoms with Crippen molar-refractivity contribution in [2.24, 2.45) is 0 Å². The number of rotatable bonds is 3. The van der Waals surface area contributed by atoms with E-state index in [1.54, 1.807) is 0 Å². The molecular formula is C29H24ClNO11. The third-order valence-corrected chi connectivity index (χ3v) is 8.59. The molecule has 3 aromatic carbocycles. The highest BCUT2D eigenvalue weighted by Gasteiger charge is 2.48. The fraction of sp³-hybridized carbons (Fsp3) is 0.310. The number of benzene rings is 3. The van der Waals surface area contributed by atoms with E-state index in [1.807, 2.05) is 0 Å². The molecule has 1 amide bonds. The van der Waals surface area contributed by atoms with Crippen LogP contribution in [-0.2, 0) is 14.2 Å². The molecule has 3 aliphatic rings. The first-order chi connectivity index (χ1) is 20.2. The van der Waals surface area contributed by atoms with E-state index < -0.39 is 47.4 Å². The number of hydrogen-bond acceptors (Lipinski definition) is 11. The van der Waals surface area contributed by atoms with Gasteiger partial charge < -0.3 is 48.3 Å². The molecule has 0 spiro atoms. The lowest BCUT2D eigenvalue weighted by molar-refractivity contribution is -0.121. The standard InChI is InChI=1S/C29H24ClNO11/c1-31-28(36)14-10(19(33)29(31)39-4)7-11-13(20(14)34)15-16-25(22(11)37-2)40-8-41-26(16)27-17(21(15)35)18(32)9-5-6-12(30)24(38-3)23(9)42-27/h5-7,19,22,25,29,33-35H,8H2,1-4H3/t19-,22+,25-,29-/m0/s1/i5+1,6+1,7+1,9+1,10+1,11+1,12+1,13+1,14+1,15+1,16+1,17+1,18+1,19+1,20+1,21+1,22+1,23+1,24+1,26+1,27+1,28+1,29+1. The van der Waals surface area contributed by atoms with Crippen molar-refractivity contribution in [2.75, 3.05) is 35.2 Å². The van der Waals surface area contributed by atoms with E-state index in [1.165, 1.54) is 51.5 Å². The number of ether oxygens (including phenoxy) is 5. The predicted octanol–water partition coefficient (Wildman–Crippen LogP) is 3.89. The number of aromatic hydroxyl groups is 2. The Labute approximate surface area is 242 Å². The number of amides is 1. The van der Waals surface area contributed by atoms with Gasteiger partial charge in [-0.3, -0.25) is 9.59 Å². The number of hydrogen-bond donors (Lipinski definition) is 3. The molecule has 0 radical (unpaired) electrons. The van der Waals surface area contributed by atoms with Crippen molar-refractivity contribution < 1.29 is 48.2 Å². The second-order valence-corrected chi connectivity index (χ2v) is 10.6. The Morgan fingerprint density at radius 2 is 1.76 bits per heavy atom. The van der Waals surface area contributed by atoms with Crippen molar-refractivity contribution in [1.29, 1.82) is 0 Å².